The summed E-state index contributed by atoms with van der Waals surface area (Å²) in [6.07, 6.45) is 1.27. The fourth-order valence-electron chi connectivity index (χ4n) is 3.10. The van der Waals surface area contributed by atoms with Crippen molar-refractivity contribution in [2.24, 2.45) is 0 Å². The number of nitrogens with zero attached hydrogens (tertiary/aromatic N) is 3. The van der Waals surface area contributed by atoms with E-state index in [-0.39, 0.29) is 17.2 Å². The van der Waals surface area contributed by atoms with E-state index in [1.54, 1.807) is 42.1 Å². The molecule has 2 aromatic carbocycles. The molecular formula is C19H19ClN4O4. The van der Waals surface area contributed by atoms with Gasteiger partial charge in [-0.15, -0.1) is 0 Å². The van der Waals surface area contributed by atoms with Crippen molar-refractivity contribution < 1.29 is 14.5 Å². The molecule has 1 aliphatic heterocycles. The molecule has 1 N–H and O–H groups in total. The first-order valence-electron chi connectivity index (χ1n) is 8.65. The molecule has 9 heteroatoms. The Labute approximate surface area is 166 Å². The fourth-order valence-corrected chi connectivity index (χ4v) is 3.26. The number of nitro groups is 1. The van der Waals surface area contributed by atoms with E-state index in [9.17, 15) is 19.7 Å². The summed E-state index contributed by atoms with van der Waals surface area (Å²) in [4.78, 5) is 38.7. The molecular weight excluding hydrogens is 384 g/mol. The molecule has 2 aromatic rings. The molecule has 0 bridgehead atoms. The number of non-ortho nitro benzene ring substituents is 1. The summed E-state index contributed by atoms with van der Waals surface area (Å²) in [5, 5.41) is 14.1. The monoisotopic (exact) mass is 402 g/mol. The minimum atomic E-state index is -0.553. The van der Waals surface area contributed by atoms with Crippen molar-refractivity contribution in [3.63, 3.8) is 0 Å². The first kappa shape index (κ1) is 19.6. The lowest BCUT2D eigenvalue weighted by Gasteiger charge is -2.19. The SMILES string of the molecule is CN(C)c1ccc([N+](=O)[O-])cc1C(=O)Nc1cc(N2CCCC2=O)ccc1Cl. The van der Waals surface area contributed by atoms with Crippen LogP contribution in [0.15, 0.2) is 36.4 Å². The Balaban J connectivity index is 1.94. The molecule has 0 saturated carbocycles. The van der Waals surface area contributed by atoms with Crippen LogP contribution in [0.5, 0.6) is 0 Å². The summed E-state index contributed by atoms with van der Waals surface area (Å²) >= 11 is 6.22. The van der Waals surface area contributed by atoms with Crippen LogP contribution in [0.4, 0.5) is 22.7 Å². The highest BCUT2D eigenvalue weighted by molar-refractivity contribution is 6.34. The number of carbonyl (C=O) groups is 2. The molecule has 3 rings (SSSR count). The molecule has 146 valence electrons. The molecule has 0 aliphatic carbocycles. The van der Waals surface area contributed by atoms with Crippen molar-refractivity contribution in [2.45, 2.75) is 12.8 Å². The van der Waals surface area contributed by atoms with E-state index in [0.717, 1.165) is 6.42 Å². The van der Waals surface area contributed by atoms with Gasteiger partial charge in [-0.1, -0.05) is 11.6 Å². The average molecular weight is 403 g/mol. The van der Waals surface area contributed by atoms with Gasteiger partial charge in [-0.3, -0.25) is 19.7 Å². The number of anilines is 3. The summed E-state index contributed by atoms with van der Waals surface area (Å²) in [7, 11) is 3.48. The molecule has 0 unspecified atom stereocenters. The molecule has 1 aliphatic rings. The zero-order chi connectivity index (χ0) is 20.4. The van der Waals surface area contributed by atoms with Gasteiger partial charge in [0.25, 0.3) is 11.6 Å². The summed E-state index contributed by atoms with van der Waals surface area (Å²) in [6.45, 7) is 0.615. The molecule has 2 amide bonds. The second kappa shape index (κ2) is 7.85. The predicted molar refractivity (Wildman–Crippen MR) is 108 cm³/mol. The van der Waals surface area contributed by atoms with Crippen LogP contribution in [-0.4, -0.2) is 37.4 Å². The van der Waals surface area contributed by atoms with Gasteiger partial charge in [-0.2, -0.15) is 0 Å². The van der Waals surface area contributed by atoms with E-state index in [0.29, 0.717) is 35.1 Å². The zero-order valence-corrected chi connectivity index (χ0v) is 16.2. The van der Waals surface area contributed by atoms with E-state index in [4.69, 9.17) is 11.6 Å². The van der Waals surface area contributed by atoms with E-state index in [1.165, 1.54) is 18.2 Å². The number of rotatable bonds is 5. The van der Waals surface area contributed by atoms with Crippen LogP contribution in [0.1, 0.15) is 23.2 Å². The topological polar surface area (TPSA) is 95.8 Å². The van der Waals surface area contributed by atoms with Gasteiger partial charge in [0.1, 0.15) is 0 Å². The third-order valence-corrected chi connectivity index (χ3v) is 4.83. The van der Waals surface area contributed by atoms with Crippen LogP contribution >= 0.6 is 11.6 Å². The Kier molecular flexibility index (Phi) is 5.51. The smallest absolute Gasteiger partial charge is 0.270 e. The second-order valence-electron chi connectivity index (χ2n) is 6.62. The predicted octanol–water partition coefficient (Wildman–Crippen LogP) is 3.69. The van der Waals surface area contributed by atoms with Crippen LogP contribution in [0.25, 0.3) is 0 Å². The number of halogens is 1. The van der Waals surface area contributed by atoms with Gasteiger partial charge >= 0.3 is 0 Å². The van der Waals surface area contributed by atoms with Crippen LogP contribution in [0, 0.1) is 10.1 Å². The maximum Gasteiger partial charge on any atom is 0.270 e. The van der Waals surface area contributed by atoms with Crippen LogP contribution in [-0.2, 0) is 4.79 Å². The van der Waals surface area contributed by atoms with Crippen molar-refractivity contribution in [3.8, 4) is 0 Å². The van der Waals surface area contributed by atoms with Crippen LogP contribution < -0.4 is 15.1 Å². The van der Waals surface area contributed by atoms with Crippen molar-refractivity contribution in [2.75, 3.05) is 35.8 Å². The number of amides is 2. The number of carbonyl (C=O) groups excluding carboxylic acids is 2. The number of nitro benzene ring substituents is 1. The van der Waals surface area contributed by atoms with Gasteiger partial charge in [0, 0.05) is 50.6 Å². The molecule has 1 heterocycles. The van der Waals surface area contributed by atoms with Crippen LogP contribution in [0.2, 0.25) is 5.02 Å². The Bertz CT molecular complexity index is 961. The number of nitrogens with one attached hydrogen (secondary N) is 1. The Morgan fingerprint density at radius 3 is 2.61 bits per heavy atom. The Hall–Kier alpha value is -3.13. The summed E-state index contributed by atoms with van der Waals surface area (Å²) in [6, 6.07) is 9.06. The third kappa shape index (κ3) is 3.91. The highest BCUT2D eigenvalue weighted by atomic mass is 35.5. The van der Waals surface area contributed by atoms with Gasteiger partial charge in [-0.05, 0) is 30.7 Å². The molecule has 0 aromatic heterocycles. The maximum absolute atomic E-state index is 12.9. The standard InChI is InChI=1S/C19H19ClN4O4/c1-22(2)17-8-6-13(24(27)28)10-14(17)19(26)21-16-11-12(5-7-15(16)20)23-9-3-4-18(23)25/h5-8,10-11H,3-4,9H2,1-2H3,(H,21,26). The molecule has 1 saturated heterocycles. The Morgan fingerprint density at radius 1 is 1.25 bits per heavy atom. The van der Waals surface area contributed by atoms with Gasteiger partial charge in [0.15, 0.2) is 0 Å². The highest BCUT2D eigenvalue weighted by Crippen LogP contribution is 2.31. The summed E-state index contributed by atoms with van der Waals surface area (Å²) < 4.78 is 0. The van der Waals surface area contributed by atoms with E-state index in [1.807, 2.05) is 0 Å². The summed E-state index contributed by atoms with van der Waals surface area (Å²) in [5.74, 6) is -0.507. The summed E-state index contributed by atoms with van der Waals surface area (Å²) in [5.41, 5.74) is 1.48. The molecule has 1 fully saturated rings. The first-order chi connectivity index (χ1) is 13.3. The van der Waals surface area contributed by atoms with Crippen LogP contribution in [0.3, 0.4) is 0 Å². The largest absolute Gasteiger partial charge is 0.377 e. The van der Waals surface area contributed by atoms with Gasteiger partial charge < -0.3 is 15.1 Å². The van der Waals surface area contributed by atoms with Gasteiger partial charge in [0.2, 0.25) is 5.91 Å². The second-order valence-corrected chi connectivity index (χ2v) is 7.03. The Morgan fingerprint density at radius 2 is 2.00 bits per heavy atom. The zero-order valence-electron chi connectivity index (χ0n) is 15.4. The molecule has 0 atom stereocenters. The number of hydrogen-bond donors (Lipinski definition) is 1. The minimum absolute atomic E-state index is 0.0215. The van der Waals surface area contributed by atoms with Crippen molar-refractivity contribution in [3.05, 3.63) is 57.1 Å². The van der Waals surface area contributed by atoms with E-state index in [2.05, 4.69) is 5.32 Å². The van der Waals surface area contributed by atoms with Crippen molar-refractivity contribution in [1.82, 2.24) is 0 Å². The number of hydrogen-bond acceptors (Lipinski definition) is 5. The highest BCUT2D eigenvalue weighted by Gasteiger charge is 2.23. The van der Waals surface area contributed by atoms with Crippen molar-refractivity contribution >= 4 is 46.2 Å². The third-order valence-electron chi connectivity index (χ3n) is 4.50. The van der Waals surface area contributed by atoms with E-state index >= 15 is 0 Å². The lowest BCUT2D eigenvalue weighted by molar-refractivity contribution is -0.384. The molecule has 28 heavy (non-hydrogen) atoms. The molecule has 8 nitrogen and oxygen atoms in total. The van der Waals surface area contributed by atoms with Gasteiger partial charge in [-0.25, -0.2) is 0 Å². The molecule has 0 spiro atoms. The lowest BCUT2D eigenvalue weighted by atomic mass is 10.1. The first-order valence-corrected chi connectivity index (χ1v) is 9.03. The quantitative estimate of drug-likeness (QED) is 0.607. The lowest BCUT2D eigenvalue weighted by Crippen LogP contribution is -2.24. The van der Waals surface area contributed by atoms with E-state index < -0.39 is 10.8 Å². The maximum atomic E-state index is 12.9. The molecule has 0 radical (unpaired) electrons. The van der Waals surface area contributed by atoms with Gasteiger partial charge in [0.05, 0.1) is 21.2 Å². The average Bonchev–Trinajstić information content (AvgIpc) is 3.08. The normalized spacial score (nSPS) is 13.5. The minimum Gasteiger partial charge on any atom is -0.377 e. The number of benzene rings is 2. The fraction of sp³-hybridized carbons (Fsp3) is 0.263. The van der Waals surface area contributed by atoms with Crippen molar-refractivity contribution in [1.29, 1.82) is 0 Å².